The van der Waals surface area contributed by atoms with Crippen LogP contribution in [0.2, 0.25) is 0 Å². The summed E-state index contributed by atoms with van der Waals surface area (Å²) in [5.41, 5.74) is 4.23. The number of nitrogens with zero attached hydrogens (tertiary/aromatic N) is 1. The summed E-state index contributed by atoms with van der Waals surface area (Å²) < 4.78 is 8.05. The number of rotatable bonds is 1. The monoisotopic (exact) mass is 215 g/mol. The molecule has 2 heterocycles. The Labute approximate surface area is 95.8 Å². The molecule has 0 saturated carbocycles. The van der Waals surface area contributed by atoms with Gasteiger partial charge in [-0.3, -0.25) is 0 Å². The zero-order valence-corrected chi connectivity index (χ0v) is 9.86. The number of fused-ring (bicyclic) bond motifs is 3. The van der Waals surface area contributed by atoms with E-state index in [1.54, 1.807) is 0 Å². The van der Waals surface area contributed by atoms with Crippen molar-refractivity contribution >= 4 is 10.9 Å². The van der Waals surface area contributed by atoms with Crippen LogP contribution in [-0.2, 0) is 17.9 Å². The SMILES string of the molecule is CCn1c2c(c3ccccc31)C(C)COC2. The molecular formula is C14H17NO. The third-order valence-electron chi connectivity index (χ3n) is 3.54. The molecule has 2 heteroatoms. The Bertz CT molecular complexity index is 527. The van der Waals surface area contributed by atoms with Crippen LogP contribution in [0.25, 0.3) is 10.9 Å². The quantitative estimate of drug-likeness (QED) is 0.712. The predicted molar refractivity (Wildman–Crippen MR) is 65.7 cm³/mol. The molecule has 0 amide bonds. The Kier molecular flexibility index (Phi) is 2.25. The lowest BCUT2D eigenvalue weighted by Crippen LogP contribution is -2.15. The first-order chi connectivity index (χ1) is 7.83. The molecule has 0 saturated heterocycles. The number of ether oxygens (including phenoxy) is 1. The Balaban J connectivity index is 2.38. The van der Waals surface area contributed by atoms with Crippen molar-refractivity contribution in [3.8, 4) is 0 Å². The van der Waals surface area contributed by atoms with Crippen molar-refractivity contribution in [3.05, 3.63) is 35.5 Å². The molecule has 3 rings (SSSR count). The third-order valence-corrected chi connectivity index (χ3v) is 3.54. The maximum atomic E-state index is 5.66. The highest BCUT2D eigenvalue weighted by atomic mass is 16.5. The molecule has 1 aromatic carbocycles. The van der Waals surface area contributed by atoms with Crippen molar-refractivity contribution in [2.75, 3.05) is 6.61 Å². The number of benzene rings is 1. The fraction of sp³-hybridized carbons (Fsp3) is 0.429. The van der Waals surface area contributed by atoms with E-state index in [1.165, 1.54) is 22.2 Å². The number of aromatic nitrogens is 1. The van der Waals surface area contributed by atoms with Crippen LogP contribution in [-0.4, -0.2) is 11.2 Å². The Morgan fingerprint density at radius 3 is 3.00 bits per heavy atom. The van der Waals surface area contributed by atoms with Crippen LogP contribution >= 0.6 is 0 Å². The second-order valence-electron chi connectivity index (χ2n) is 4.54. The minimum atomic E-state index is 0.515. The van der Waals surface area contributed by atoms with Crippen LogP contribution in [0.5, 0.6) is 0 Å². The molecule has 1 atom stereocenters. The fourth-order valence-electron chi connectivity index (χ4n) is 2.87. The molecule has 1 unspecified atom stereocenters. The van der Waals surface area contributed by atoms with Crippen molar-refractivity contribution in [2.45, 2.75) is 32.9 Å². The molecule has 1 aliphatic rings. The van der Waals surface area contributed by atoms with Gasteiger partial charge in [0.1, 0.15) is 0 Å². The summed E-state index contributed by atoms with van der Waals surface area (Å²) >= 11 is 0. The predicted octanol–water partition coefficient (Wildman–Crippen LogP) is 3.29. The van der Waals surface area contributed by atoms with Crippen molar-refractivity contribution in [2.24, 2.45) is 0 Å². The second-order valence-corrected chi connectivity index (χ2v) is 4.54. The lowest BCUT2D eigenvalue weighted by molar-refractivity contribution is 0.0906. The summed E-state index contributed by atoms with van der Waals surface area (Å²) in [6, 6.07) is 8.70. The summed E-state index contributed by atoms with van der Waals surface area (Å²) in [7, 11) is 0. The van der Waals surface area contributed by atoms with Gasteiger partial charge in [-0.05, 0) is 18.6 Å². The number of hydrogen-bond donors (Lipinski definition) is 0. The van der Waals surface area contributed by atoms with Gasteiger partial charge >= 0.3 is 0 Å². The topological polar surface area (TPSA) is 14.2 Å². The lowest BCUT2D eigenvalue weighted by atomic mass is 9.97. The highest BCUT2D eigenvalue weighted by molar-refractivity contribution is 5.86. The Morgan fingerprint density at radius 1 is 1.38 bits per heavy atom. The van der Waals surface area contributed by atoms with Crippen LogP contribution in [0.4, 0.5) is 0 Å². The smallest absolute Gasteiger partial charge is 0.0871 e. The van der Waals surface area contributed by atoms with E-state index in [-0.39, 0.29) is 0 Å². The molecule has 84 valence electrons. The zero-order chi connectivity index (χ0) is 11.1. The van der Waals surface area contributed by atoms with Crippen LogP contribution < -0.4 is 0 Å². The van der Waals surface area contributed by atoms with E-state index in [0.717, 1.165) is 19.8 Å². The van der Waals surface area contributed by atoms with Gasteiger partial charge in [-0.15, -0.1) is 0 Å². The summed E-state index contributed by atoms with van der Waals surface area (Å²) in [5.74, 6) is 0.515. The molecule has 2 nitrogen and oxygen atoms in total. The van der Waals surface area contributed by atoms with E-state index in [4.69, 9.17) is 4.74 Å². The molecular weight excluding hydrogens is 198 g/mol. The van der Waals surface area contributed by atoms with Gasteiger partial charge in [-0.1, -0.05) is 25.1 Å². The molecule has 1 aromatic heterocycles. The summed E-state index contributed by atoms with van der Waals surface area (Å²) in [4.78, 5) is 0. The van der Waals surface area contributed by atoms with Gasteiger partial charge in [-0.2, -0.15) is 0 Å². The standard InChI is InChI=1S/C14H17NO/c1-3-15-12-7-5-4-6-11(12)14-10(2)8-16-9-13(14)15/h4-7,10H,3,8-9H2,1-2H3. The Hall–Kier alpha value is -1.28. The first kappa shape index (κ1) is 9.91. The molecule has 0 N–H and O–H groups in total. The second kappa shape index (κ2) is 3.63. The van der Waals surface area contributed by atoms with E-state index in [2.05, 4.69) is 42.7 Å². The maximum Gasteiger partial charge on any atom is 0.0871 e. The normalized spacial score (nSPS) is 20.0. The Morgan fingerprint density at radius 2 is 2.19 bits per heavy atom. The van der Waals surface area contributed by atoms with Gasteiger partial charge in [0.05, 0.1) is 13.2 Å². The van der Waals surface area contributed by atoms with Gasteiger partial charge in [0.25, 0.3) is 0 Å². The zero-order valence-electron chi connectivity index (χ0n) is 9.86. The van der Waals surface area contributed by atoms with Gasteiger partial charge in [0.15, 0.2) is 0 Å². The molecule has 16 heavy (non-hydrogen) atoms. The van der Waals surface area contributed by atoms with Crippen molar-refractivity contribution < 1.29 is 4.74 Å². The molecule has 1 aliphatic heterocycles. The van der Waals surface area contributed by atoms with Crippen molar-refractivity contribution in [3.63, 3.8) is 0 Å². The first-order valence-electron chi connectivity index (χ1n) is 6.00. The lowest BCUT2D eigenvalue weighted by Gasteiger charge is -2.21. The van der Waals surface area contributed by atoms with Crippen molar-refractivity contribution in [1.82, 2.24) is 4.57 Å². The number of para-hydroxylation sites is 1. The highest BCUT2D eigenvalue weighted by Crippen LogP contribution is 2.35. The van der Waals surface area contributed by atoms with Crippen LogP contribution in [0.3, 0.4) is 0 Å². The highest BCUT2D eigenvalue weighted by Gasteiger charge is 2.24. The summed E-state index contributed by atoms with van der Waals surface area (Å²) in [6.07, 6.45) is 0. The average molecular weight is 215 g/mol. The van der Waals surface area contributed by atoms with E-state index in [9.17, 15) is 0 Å². The van der Waals surface area contributed by atoms with Gasteiger partial charge < -0.3 is 9.30 Å². The molecule has 0 radical (unpaired) electrons. The van der Waals surface area contributed by atoms with E-state index < -0.39 is 0 Å². The van der Waals surface area contributed by atoms with E-state index >= 15 is 0 Å². The molecule has 0 aliphatic carbocycles. The molecule has 0 spiro atoms. The first-order valence-corrected chi connectivity index (χ1v) is 6.00. The molecule has 0 bridgehead atoms. The van der Waals surface area contributed by atoms with Gasteiger partial charge in [-0.25, -0.2) is 0 Å². The van der Waals surface area contributed by atoms with E-state index in [1.807, 2.05) is 0 Å². The minimum absolute atomic E-state index is 0.515. The average Bonchev–Trinajstić information content (AvgIpc) is 2.64. The van der Waals surface area contributed by atoms with Crippen LogP contribution in [0.1, 0.15) is 31.0 Å². The maximum absolute atomic E-state index is 5.66. The van der Waals surface area contributed by atoms with Crippen LogP contribution in [0, 0.1) is 0 Å². The third kappa shape index (κ3) is 1.23. The van der Waals surface area contributed by atoms with Crippen LogP contribution in [0.15, 0.2) is 24.3 Å². The van der Waals surface area contributed by atoms with E-state index in [0.29, 0.717) is 5.92 Å². The van der Waals surface area contributed by atoms with Gasteiger partial charge in [0.2, 0.25) is 0 Å². The van der Waals surface area contributed by atoms with Gasteiger partial charge in [0, 0.05) is 29.1 Å². The molecule has 2 aromatic rings. The minimum Gasteiger partial charge on any atom is -0.375 e. The van der Waals surface area contributed by atoms with Crippen molar-refractivity contribution in [1.29, 1.82) is 0 Å². The molecule has 0 fully saturated rings. The summed E-state index contributed by atoms with van der Waals surface area (Å²) in [6.45, 7) is 7.09. The number of hydrogen-bond acceptors (Lipinski definition) is 1. The summed E-state index contributed by atoms with van der Waals surface area (Å²) in [5, 5.41) is 1.41. The number of aryl methyl sites for hydroxylation is 1. The fourth-order valence-corrected chi connectivity index (χ4v) is 2.87. The largest absolute Gasteiger partial charge is 0.375 e.